The van der Waals surface area contributed by atoms with Crippen LogP contribution in [0.4, 0.5) is 0 Å². The third-order valence-corrected chi connectivity index (χ3v) is 3.00. The molecule has 1 heterocycles. The number of pyridine rings is 1. The summed E-state index contributed by atoms with van der Waals surface area (Å²) < 4.78 is 1.41. The number of rotatable bonds is 6. The van der Waals surface area contributed by atoms with E-state index in [0.717, 1.165) is 19.3 Å². The number of unbranched alkanes of at least 4 members (excludes halogenated alkanes) is 1. The van der Waals surface area contributed by atoms with E-state index in [4.69, 9.17) is 10.4 Å². The number of carboxylic acid groups (broad SMARTS) is 1. The van der Waals surface area contributed by atoms with Crippen LogP contribution in [-0.2, 0) is 6.54 Å². The largest absolute Gasteiger partial charge is 0.477 e. The third kappa shape index (κ3) is 4.25. The van der Waals surface area contributed by atoms with Crippen LogP contribution in [-0.4, -0.2) is 15.6 Å². The molecule has 0 aromatic carbocycles. The Labute approximate surface area is 112 Å². The highest BCUT2D eigenvalue weighted by molar-refractivity contribution is 5.86. The lowest BCUT2D eigenvalue weighted by molar-refractivity contribution is 0.0694. The number of aromatic carboxylic acids is 1. The molecule has 0 amide bonds. The molecule has 1 aromatic heterocycles. The first kappa shape index (κ1) is 15.0. The summed E-state index contributed by atoms with van der Waals surface area (Å²) in [5.41, 5.74) is -1.04. The molecule has 102 valence electrons. The molecule has 1 aromatic rings. The monoisotopic (exact) mass is 262 g/mol. The molecule has 5 heteroatoms. The molecule has 0 spiro atoms. The molecule has 0 aliphatic carbocycles. The van der Waals surface area contributed by atoms with Crippen molar-refractivity contribution in [2.24, 2.45) is 5.41 Å². The lowest BCUT2D eigenvalue weighted by Crippen LogP contribution is -2.25. The lowest BCUT2D eigenvalue weighted by atomic mass is 9.89. The first-order valence-electron chi connectivity index (χ1n) is 6.21. The smallest absolute Gasteiger partial charge is 0.341 e. The highest BCUT2D eigenvalue weighted by atomic mass is 16.4. The van der Waals surface area contributed by atoms with Gasteiger partial charge >= 0.3 is 5.97 Å². The SMILES string of the molecule is CC(C)(C#N)CCCCn1cccc(C(=O)O)c1=O. The number of nitriles is 1. The zero-order valence-corrected chi connectivity index (χ0v) is 11.2. The van der Waals surface area contributed by atoms with Crippen LogP contribution >= 0.6 is 0 Å². The number of nitrogens with zero attached hydrogens (tertiary/aromatic N) is 2. The van der Waals surface area contributed by atoms with Gasteiger partial charge in [0.2, 0.25) is 0 Å². The van der Waals surface area contributed by atoms with Gasteiger partial charge in [0.1, 0.15) is 5.56 Å². The van der Waals surface area contributed by atoms with Gasteiger partial charge in [-0.15, -0.1) is 0 Å². The summed E-state index contributed by atoms with van der Waals surface area (Å²) in [5.74, 6) is -1.20. The predicted octanol–water partition coefficient (Wildman–Crippen LogP) is 2.27. The molecule has 0 fully saturated rings. The fourth-order valence-electron chi connectivity index (χ4n) is 1.78. The highest BCUT2D eigenvalue weighted by Crippen LogP contribution is 2.21. The number of aromatic nitrogens is 1. The molecular formula is C14H18N2O3. The van der Waals surface area contributed by atoms with Gasteiger partial charge in [-0.3, -0.25) is 4.79 Å². The van der Waals surface area contributed by atoms with Gasteiger partial charge in [-0.1, -0.05) is 6.42 Å². The molecule has 0 aliphatic heterocycles. The first-order valence-corrected chi connectivity index (χ1v) is 6.21. The second-order valence-electron chi connectivity index (χ2n) is 5.18. The van der Waals surface area contributed by atoms with E-state index in [2.05, 4.69) is 6.07 Å². The Morgan fingerprint density at radius 3 is 2.74 bits per heavy atom. The van der Waals surface area contributed by atoms with Gasteiger partial charge in [-0.2, -0.15) is 5.26 Å². The number of carboxylic acids is 1. The van der Waals surface area contributed by atoms with Crippen LogP contribution in [0.5, 0.6) is 0 Å². The highest BCUT2D eigenvalue weighted by Gasteiger charge is 2.15. The zero-order chi connectivity index (χ0) is 14.5. The van der Waals surface area contributed by atoms with Crippen LogP contribution in [0.25, 0.3) is 0 Å². The molecule has 0 saturated heterocycles. The van der Waals surface area contributed by atoms with Crippen LogP contribution in [0.2, 0.25) is 0 Å². The minimum absolute atomic E-state index is 0.208. The van der Waals surface area contributed by atoms with E-state index in [-0.39, 0.29) is 11.0 Å². The number of carbonyl (C=O) groups is 1. The standard InChI is InChI=1S/C14H18N2O3/c1-14(2,10-15)7-3-4-8-16-9-5-6-11(12(16)17)13(18)19/h5-6,9H,3-4,7-8H2,1-2H3,(H,18,19). The summed E-state index contributed by atoms with van der Waals surface area (Å²) in [5, 5.41) is 17.7. The minimum atomic E-state index is -1.20. The molecule has 1 N–H and O–H groups in total. The van der Waals surface area contributed by atoms with Gasteiger partial charge in [-0.05, 0) is 38.8 Å². The molecule has 0 unspecified atom stereocenters. The average molecular weight is 262 g/mol. The van der Waals surface area contributed by atoms with Crippen LogP contribution < -0.4 is 5.56 Å². The fourth-order valence-corrected chi connectivity index (χ4v) is 1.78. The molecule has 0 bridgehead atoms. The van der Waals surface area contributed by atoms with Gasteiger partial charge in [0.25, 0.3) is 5.56 Å². The van der Waals surface area contributed by atoms with Crippen molar-refractivity contribution in [2.45, 2.75) is 39.7 Å². The van der Waals surface area contributed by atoms with Crippen LogP contribution in [0.1, 0.15) is 43.5 Å². The number of aryl methyl sites for hydroxylation is 1. The van der Waals surface area contributed by atoms with Crippen molar-refractivity contribution in [3.05, 3.63) is 34.2 Å². The summed E-state index contributed by atoms with van der Waals surface area (Å²) in [7, 11) is 0. The van der Waals surface area contributed by atoms with Gasteiger partial charge in [0, 0.05) is 12.7 Å². The van der Waals surface area contributed by atoms with Gasteiger partial charge in [0.15, 0.2) is 0 Å². The predicted molar refractivity (Wildman–Crippen MR) is 70.9 cm³/mol. The molecule has 5 nitrogen and oxygen atoms in total. The van der Waals surface area contributed by atoms with E-state index in [1.165, 1.54) is 10.6 Å². The molecule has 0 saturated carbocycles. The van der Waals surface area contributed by atoms with Crippen molar-refractivity contribution in [3.8, 4) is 6.07 Å². The normalized spacial score (nSPS) is 11.0. The second-order valence-corrected chi connectivity index (χ2v) is 5.18. The van der Waals surface area contributed by atoms with E-state index in [9.17, 15) is 9.59 Å². The zero-order valence-electron chi connectivity index (χ0n) is 11.2. The fraction of sp³-hybridized carbons (Fsp3) is 0.500. The molecular weight excluding hydrogens is 244 g/mol. The Morgan fingerprint density at radius 1 is 1.47 bits per heavy atom. The summed E-state index contributed by atoms with van der Waals surface area (Å²) in [6.07, 6.45) is 3.92. The van der Waals surface area contributed by atoms with E-state index in [1.807, 2.05) is 13.8 Å². The van der Waals surface area contributed by atoms with E-state index in [1.54, 1.807) is 12.3 Å². The van der Waals surface area contributed by atoms with Gasteiger partial charge in [-0.25, -0.2) is 4.79 Å². The van der Waals surface area contributed by atoms with Crippen LogP contribution in [0.3, 0.4) is 0 Å². The Kier molecular flexibility index (Phi) is 4.87. The maximum absolute atomic E-state index is 11.8. The van der Waals surface area contributed by atoms with Crippen molar-refractivity contribution < 1.29 is 9.90 Å². The topological polar surface area (TPSA) is 83.1 Å². The first-order chi connectivity index (χ1) is 8.87. The molecule has 0 aliphatic rings. The number of hydrogen-bond acceptors (Lipinski definition) is 3. The van der Waals surface area contributed by atoms with Crippen LogP contribution in [0.15, 0.2) is 23.1 Å². The van der Waals surface area contributed by atoms with Crippen molar-refractivity contribution in [3.63, 3.8) is 0 Å². The van der Waals surface area contributed by atoms with Crippen molar-refractivity contribution in [1.82, 2.24) is 4.57 Å². The lowest BCUT2D eigenvalue weighted by Gasteiger charge is -2.14. The Bertz CT molecular complexity index is 553. The molecule has 0 radical (unpaired) electrons. The van der Waals surface area contributed by atoms with E-state index in [0.29, 0.717) is 6.54 Å². The third-order valence-electron chi connectivity index (χ3n) is 3.00. The summed E-state index contributed by atoms with van der Waals surface area (Å²) in [6, 6.07) is 5.09. The maximum atomic E-state index is 11.8. The Balaban J connectivity index is 2.61. The quantitative estimate of drug-likeness (QED) is 0.797. The van der Waals surface area contributed by atoms with Crippen molar-refractivity contribution in [1.29, 1.82) is 5.26 Å². The van der Waals surface area contributed by atoms with Gasteiger partial charge < -0.3 is 9.67 Å². The Morgan fingerprint density at radius 2 is 2.16 bits per heavy atom. The van der Waals surface area contributed by atoms with Gasteiger partial charge in [0.05, 0.1) is 11.5 Å². The van der Waals surface area contributed by atoms with Crippen molar-refractivity contribution >= 4 is 5.97 Å². The molecule has 19 heavy (non-hydrogen) atoms. The summed E-state index contributed by atoms with van der Waals surface area (Å²) in [6.45, 7) is 4.23. The maximum Gasteiger partial charge on any atom is 0.341 e. The van der Waals surface area contributed by atoms with E-state index < -0.39 is 11.5 Å². The van der Waals surface area contributed by atoms with Crippen LogP contribution in [0, 0.1) is 16.7 Å². The summed E-state index contributed by atoms with van der Waals surface area (Å²) >= 11 is 0. The van der Waals surface area contributed by atoms with E-state index >= 15 is 0 Å². The molecule has 1 rings (SSSR count). The summed E-state index contributed by atoms with van der Waals surface area (Å²) in [4.78, 5) is 22.6. The minimum Gasteiger partial charge on any atom is -0.477 e. The Hall–Kier alpha value is -2.09. The second kappa shape index (κ2) is 6.19. The number of hydrogen-bond donors (Lipinski definition) is 1. The molecule has 0 atom stereocenters. The average Bonchev–Trinajstić information content (AvgIpc) is 2.36. The van der Waals surface area contributed by atoms with Crippen molar-refractivity contribution in [2.75, 3.05) is 0 Å².